The van der Waals surface area contributed by atoms with Crippen LogP contribution >= 0.6 is 11.8 Å². The minimum Gasteiger partial charge on any atom is -0.493 e. The molecule has 11 nitrogen and oxygen atoms in total. The number of nitrogens with zero attached hydrogens (tertiary/aromatic N) is 3. The number of benzene rings is 2. The normalized spacial score (nSPS) is 11.5. The minimum absolute atomic E-state index is 0.164. The summed E-state index contributed by atoms with van der Waals surface area (Å²) < 4.78 is 17.1. The standard InChI is InChI=1S/C28H29N5O6S/c1-37-23-10-7-18(15-24(23)38-2)22-11-13-29-25-16-21(32-33(22)25)27(35)30-19-8-5-17(6-9-19)26(34)31-20(12-14-40-4)28(36)39-3/h5-11,13,15-16,20H,12,14H2,1-4H3,(H,30,35)(H,31,34)/t20-/m0/s1. The zero-order valence-electron chi connectivity index (χ0n) is 22.5. The Morgan fingerprint density at radius 3 is 2.38 bits per heavy atom. The molecule has 2 N–H and O–H groups in total. The lowest BCUT2D eigenvalue weighted by atomic mass is 10.1. The molecule has 0 radical (unpaired) electrons. The van der Waals surface area contributed by atoms with E-state index < -0.39 is 23.8 Å². The smallest absolute Gasteiger partial charge is 0.328 e. The lowest BCUT2D eigenvalue weighted by Gasteiger charge is -2.16. The molecular formula is C28H29N5O6S. The van der Waals surface area contributed by atoms with Crippen LogP contribution in [-0.2, 0) is 9.53 Å². The Balaban J connectivity index is 1.49. The number of aromatic nitrogens is 3. The molecule has 0 spiro atoms. The van der Waals surface area contributed by atoms with Gasteiger partial charge in [-0.3, -0.25) is 9.59 Å². The highest BCUT2D eigenvalue weighted by Crippen LogP contribution is 2.32. The van der Waals surface area contributed by atoms with E-state index in [-0.39, 0.29) is 5.69 Å². The maximum Gasteiger partial charge on any atom is 0.328 e. The Hall–Kier alpha value is -4.58. The van der Waals surface area contributed by atoms with Crippen LogP contribution in [0.1, 0.15) is 27.3 Å². The van der Waals surface area contributed by atoms with Crippen molar-refractivity contribution in [3.63, 3.8) is 0 Å². The molecule has 0 unspecified atom stereocenters. The van der Waals surface area contributed by atoms with Crippen molar-refractivity contribution in [2.45, 2.75) is 12.5 Å². The molecule has 2 heterocycles. The molecule has 12 heteroatoms. The molecular weight excluding hydrogens is 534 g/mol. The van der Waals surface area contributed by atoms with Gasteiger partial charge < -0.3 is 24.8 Å². The van der Waals surface area contributed by atoms with E-state index in [9.17, 15) is 14.4 Å². The molecule has 4 rings (SSSR count). The predicted octanol–water partition coefficient (Wildman–Crippen LogP) is 3.69. The van der Waals surface area contributed by atoms with Crippen LogP contribution in [0.25, 0.3) is 16.9 Å². The summed E-state index contributed by atoms with van der Waals surface area (Å²) in [5.74, 6) is 0.501. The first-order valence-electron chi connectivity index (χ1n) is 12.2. The molecule has 2 aromatic carbocycles. The van der Waals surface area contributed by atoms with Gasteiger partial charge in [-0.25, -0.2) is 14.3 Å². The third-order valence-corrected chi connectivity index (χ3v) is 6.72. The van der Waals surface area contributed by atoms with Crippen LogP contribution in [0.2, 0.25) is 0 Å². The summed E-state index contributed by atoms with van der Waals surface area (Å²) in [6.45, 7) is 0. The van der Waals surface area contributed by atoms with Crippen molar-refractivity contribution in [3.05, 3.63) is 72.1 Å². The summed E-state index contributed by atoms with van der Waals surface area (Å²) in [6.07, 6.45) is 4.01. The number of ether oxygens (including phenoxy) is 3. The molecule has 2 aromatic heterocycles. The van der Waals surface area contributed by atoms with E-state index in [0.717, 1.165) is 5.56 Å². The molecule has 208 valence electrons. The van der Waals surface area contributed by atoms with Crippen LogP contribution < -0.4 is 20.1 Å². The number of hydrogen-bond donors (Lipinski definition) is 2. The van der Waals surface area contributed by atoms with Gasteiger partial charge in [0.15, 0.2) is 22.8 Å². The van der Waals surface area contributed by atoms with Gasteiger partial charge in [-0.15, -0.1) is 0 Å². The van der Waals surface area contributed by atoms with Crippen molar-refractivity contribution in [2.24, 2.45) is 0 Å². The molecule has 0 fully saturated rings. The first kappa shape index (κ1) is 28.4. The summed E-state index contributed by atoms with van der Waals surface area (Å²) in [5.41, 5.74) is 2.98. The van der Waals surface area contributed by atoms with E-state index in [1.54, 1.807) is 79.2 Å². The molecule has 1 atom stereocenters. The monoisotopic (exact) mass is 563 g/mol. The number of anilines is 1. The second-order valence-corrected chi connectivity index (χ2v) is 9.55. The number of carbonyl (C=O) groups is 3. The van der Waals surface area contributed by atoms with Crippen molar-refractivity contribution in [2.75, 3.05) is 38.7 Å². The number of esters is 1. The van der Waals surface area contributed by atoms with E-state index in [2.05, 4.69) is 20.7 Å². The zero-order valence-corrected chi connectivity index (χ0v) is 23.3. The molecule has 0 bridgehead atoms. The van der Waals surface area contributed by atoms with Crippen LogP contribution in [0.15, 0.2) is 60.8 Å². The van der Waals surface area contributed by atoms with Gasteiger partial charge in [-0.05, 0) is 67.0 Å². The molecule has 4 aromatic rings. The van der Waals surface area contributed by atoms with Crippen molar-refractivity contribution in [1.29, 1.82) is 0 Å². The number of amides is 2. The fraction of sp³-hybridized carbons (Fsp3) is 0.250. The lowest BCUT2D eigenvalue weighted by Crippen LogP contribution is -2.41. The molecule has 0 aliphatic heterocycles. The lowest BCUT2D eigenvalue weighted by molar-refractivity contribution is -0.142. The van der Waals surface area contributed by atoms with E-state index in [1.807, 2.05) is 18.4 Å². The number of hydrogen-bond acceptors (Lipinski definition) is 9. The fourth-order valence-electron chi connectivity index (χ4n) is 3.99. The summed E-state index contributed by atoms with van der Waals surface area (Å²) >= 11 is 1.57. The minimum atomic E-state index is -0.739. The van der Waals surface area contributed by atoms with E-state index in [1.165, 1.54) is 7.11 Å². The largest absolute Gasteiger partial charge is 0.493 e. The summed E-state index contributed by atoms with van der Waals surface area (Å²) in [4.78, 5) is 42.0. The highest BCUT2D eigenvalue weighted by molar-refractivity contribution is 7.98. The van der Waals surface area contributed by atoms with Crippen LogP contribution in [-0.4, -0.2) is 71.8 Å². The molecule has 40 heavy (non-hydrogen) atoms. The topological polar surface area (TPSA) is 133 Å². The average molecular weight is 564 g/mol. The van der Waals surface area contributed by atoms with Crippen molar-refractivity contribution >= 4 is 40.9 Å². The third-order valence-electron chi connectivity index (χ3n) is 6.08. The SMILES string of the molecule is COC(=O)[C@H](CCSC)NC(=O)c1ccc(NC(=O)c2cc3nccc(-c4ccc(OC)c(OC)c4)n3n2)cc1. The molecule has 0 aliphatic rings. The van der Waals surface area contributed by atoms with Crippen LogP contribution in [0.4, 0.5) is 5.69 Å². The number of fused-ring (bicyclic) bond motifs is 1. The number of thioether (sulfide) groups is 1. The second kappa shape index (κ2) is 13.0. The maximum absolute atomic E-state index is 13.0. The van der Waals surface area contributed by atoms with Gasteiger partial charge in [0.05, 0.1) is 27.0 Å². The van der Waals surface area contributed by atoms with Gasteiger partial charge in [0.2, 0.25) is 0 Å². The zero-order chi connectivity index (χ0) is 28.6. The number of nitrogens with one attached hydrogen (secondary N) is 2. The van der Waals surface area contributed by atoms with Gasteiger partial charge in [0.1, 0.15) is 6.04 Å². The highest BCUT2D eigenvalue weighted by Gasteiger charge is 2.22. The highest BCUT2D eigenvalue weighted by atomic mass is 32.2. The maximum atomic E-state index is 13.0. The molecule has 0 saturated carbocycles. The van der Waals surface area contributed by atoms with E-state index in [4.69, 9.17) is 14.2 Å². The molecule has 0 aliphatic carbocycles. The Kier molecular flexibility index (Phi) is 9.23. The number of rotatable bonds is 11. The van der Waals surface area contributed by atoms with Crippen LogP contribution in [0.5, 0.6) is 11.5 Å². The van der Waals surface area contributed by atoms with Crippen LogP contribution in [0, 0.1) is 0 Å². The van der Waals surface area contributed by atoms with Gasteiger partial charge in [0, 0.05) is 29.1 Å². The van der Waals surface area contributed by atoms with Gasteiger partial charge >= 0.3 is 5.97 Å². The van der Waals surface area contributed by atoms with Gasteiger partial charge in [-0.1, -0.05) is 0 Å². The Morgan fingerprint density at radius 2 is 1.70 bits per heavy atom. The summed E-state index contributed by atoms with van der Waals surface area (Å²) in [6, 6.07) is 14.5. The average Bonchev–Trinajstić information content (AvgIpc) is 3.43. The van der Waals surface area contributed by atoms with Crippen molar-refractivity contribution < 1.29 is 28.6 Å². The first-order valence-corrected chi connectivity index (χ1v) is 13.6. The summed E-state index contributed by atoms with van der Waals surface area (Å²) in [5, 5.41) is 9.96. The Morgan fingerprint density at radius 1 is 0.950 bits per heavy atom. The Bertz CT molecular complexity index is 1520. The fourth-order valence-corrected chi connectivity index (χ4v) is 4.46. The third kappa shape index (κ3) is 6.34. The number of methoxy groups -OCH3 is 3. The van der Waals surface area contributed by atoms with Crippen molar-refractivity contribution in [3.8, 4) is 22.8 Å². The van der Waals surface area contributed by atoms with Gasteiger partial charge in [0.25, 0.3) is 11.8 Å². The summed E-state index contributed by atoms with van der Waals surface area (Å²) in [7, 11) is 4.41. The van der Waals surface area contributed by atoms with E-state index >= 15 is 0 Å². The van der Waals surface area contributed by atoms with Crippen molar-refractivity contribution in [1.82, 2.24) is 19.9 Å². The second-order valence-electron chi connectivity index (χ2n) is 8.56. The molecule has 0 saturated heterocycles. The van der Waals surface area contributed by atoms with Crippen LogP contribution in [0.3, 0.4) is 0 Å². The van der Waals surface area contributed by atoms with E-state index in [0.29, 0.717) is 46.3 Å². The predicted molar refractivity (Wildman–Crippen MR) is 152 cm³/mol. The molecule has 2 amide bonds. The first-order chi connectivity index (χ1) is 19.4. The number of carbonyl (C=O) groups excluding carboxylic acids is 3. The van der Waals surface area contributed by atoms with Gasteiger partial charge in [-0.2, -0.15) is 16.9 Å². The Labute approximate surface area is 235 Å². The quantitative estimate of drug-likeness (QED) is 0.262.